The van der Waals surface area contributed by atoms with Crippen molar-refractivity contribution in [1.29, 1.82) is 0 Å². The highest BCUT2D eigenvalue weighted by Crippen LogP contribution is 2.42. The molecule has 3 aromatic carbocycles. The SMILES string of the molecule is CCCCCc1c(P=O)ccc(-c2c(C)cc(C)cc2C)c1-c1c(C)cc(C)cc1C. The molecule has 0 saturated carbocycles. The maximum atomic E-state index is 12.2. The smallest absolute Gasteiger partial charge is 0.192 e. The Hall–Kier alpha value is -2.24. The van der Waals surface area contributed by atoms with Crippen LogP contribution < -0.4 is 5.30 Å². The van der Waals surface area contributed by atoms with Crippen LogP contribution in [0.15, 0.2) is 36.4 Å². The van der Waals surface area contributed by atoms with Crippen LogP contribution in [0.3, 0.4) is 0 Å². The summed E-state index contributed by atoms with van der Waals surface area (Å²) in [6.45, 7) is 15.4. The van der Waals surface area contributed by atoms with Crippen LogP contribution in [-0.2, 0) is 11.0 Å². The molecule has 3 aromatic rings. The number of rotatable bonds is 7. The van der Waals surface area contributed by atoms with E-state index in [1.165, 1.54) is 74.0 Å². The first kappa shape index (κ1) is 23.4. The minimum Gasteiger partial charge on any atom is -0.269 e. The van der Waals surface area contributed by atoms with Gasteiger partial charge in [-0.1, -0.05) is 61.2 Å². The molecule has 0 unspecified atom stereocenters. The third-order valence-corrected chi connectivity index (χ3v) is 6.91. The van der Waals surface area contributed by atoms with Gasteiger partial charge in [0.2, 0.25) is 0 Å². The molecule has 0 radical (unpaired) electrons. The summed E-state index contributed by atoms with van der Waals surface area (Å²) in [5.41, 5.74) is 14.2. The first-order valence-corrected chi connectivity index (χ1v) is 12.2. The molecule has 0 aliphatic rings. The van der Waals surface area contributed by atoms with Crippen molar-refractivity contribution in [3.05, 3.63) is 75.3 Å². The lowest BCUT2D eigenvalue weighted by Gasteiger charge is -2.23. The van der Waals surface area contributed by atoms with Crippen molar-refractivity contribution in [2.45, 2.75) is 74.1 Å². The fraction of sp³-hybridized carbons (Fsp3) is 0.379. The van der Waals surface area contributed by atoms with Gasteiger partial charge in [-0.25, -0.2) is 0 Å². The molecular weight excluding hydrogens is 395 g/mol. The number of aryl methyl sites for hydroxylation is 6. The molecule has 162 valence electrons. The standard InChI is InChI=1S/C29H35OP/c1-8-9-10-11-24-26(31-30)13-12-25(27-20(4)14-18(2)15-21(27)5)29(24)28-22(6)16-19(3)17-23(28)7/h12-17H,8-11H2,1-7H3. The summed E-state index contributed by atoms with van der Waals surface area (Å²) in [6, 6.07) is 13.4. The van der Waals surface area contributed by atoms with Gasteiger partial charge in [0.25, 0.3) is 0 Å². The maximum Gasteiger partial charge on any atom is 0.192 e. The zero-order valence-corrected chi connectivity index (χ0v) is 21.0. The van der Waals surface area contributed by atoms with Gasteiger partial charge in [-0.2, -0.15) is 0 Å². The van der Waals surface area contributed by atoms with Crippen molar-refractivity contribution in [3.63, 3.8) is 0 Å². The van der Waals surface area contributed by atoms with Crippen molar-refractivity contribution in [2.24, 2.45) is 0 Å². The van der Waals surface area contributed by atoms with Gasteiger partial charge in [0.1, 0.15) is 0 Å². The molecule has 0 fully saturated rings. The molecule has 0 saturated heterocycles. The second kappa shape index (κ2) is 9.92. The van der Waals surface area contributed by atoms with Crippen LogP contribution in [0.2, 0.25) is 0 Å². The first-order valence-electron chi connectivity index (χ1n) is 11.4. The summed E-state index contributed by atoms with van der Waals surface area (Å²) in [5, 5.41) is 0.927. The summed E-state index contributed by atoms with van der Waals surface area (Å²) in [7, 11) is 0.106. The Labute approximate surface area is 190 Å². The van der Waals surface area contributed by atoms with Crippen LogP contribution in [0, 0.1) is 41.5 Å². The number of hydrogen-bond donors (Lipinski definition) is 0. The third kappa shape index (κ3) is 4.83. The molecule has 0 N–H and O–H groups in total. The van der Waals surface area contributed by atoms with Gasteiger partial charge in [-0.15, -0.1) is 0 Å². The highest BCUT2D eigenvalue weighted by molar-refractivity contribution is 7.34. The van der Waals surface area contributed by atoms with E-state index in [0.29, 0.717) is 0 Å². The van der Waals surface area contributed by atoms with Crippen LogP contribution in [-0.4, -0.2) is 0 Å². The molecule has 2 heteroatoms. The predicted molar refractivity (Wildman–Crippen MR) is 136 cm³/mol. The number of unbranched alkanes of at least 4 members (excludes halogenated alkanes) is 2. The van der Waals surface area contributed by atoms with E-state index in [4.69, 9.17) is 0 Å². The van der Waals surface area contributed by atoms with Crippen molar-refractivity contribution in [3.8, 4) is 22.3 Å². The summed E-state index contributed by atoms with van der Waals surface area (Å²) in [4.78, 5) is 0. The van der Waals surface area contributed by atoms with Gasteiger partial charge in [-0.05, 0) is 111 Å². The molecule has 0 aliphatic heterocycles. The lowest BCUT2D eigenvalue weighted by atomic mass is 9.82. The van der Waals surface area contributed by atoms with Crippen molar-refractivity contribution >= 4 is 13.8 Å². The Morgan fingerprint density at radius 2 is 1.19 bits per heavy atom. The molecule has 1 nitrogen and oxygen atoms in total. The summed E-state index contributed by atoms with van der Waals surface area (Å²) < 4.78 is 12.2. The van der Waals surface area contributed by atoms with Gasteiger partial charge < -0.3 is 0 Å². The van der Waals surface area contributed by atoms with Gasteiger partial charge in [0, 0.05) is 5.30 Å². The summed E-state index contributed by atoms with van der Waals surface area (Å²) in [6.07, 6.45) is 4.44. The zero-order valence-electron chi connectivity index (χ0n) is 20.1. The molecule has 31 heavy (non-hydrogen) atoms. The molecule has 3 rings (SSSR count). The molecule has 0 atom stereocenters. The van der Waals surface area contributed by atoms with Crippen LogP contribution >= 0.6 is 8.46 Å². The maximum absolute atomic E-state index is 12.2. The highest BCUT2D eigenvalue weighted by Gasteiger charge is 2.21. The first-order chi connectivity index (χ1) is 14.8. The minimum absolute atomic E-state index is 0.106. The highest BCUT2D eigenvalue weighted by atomic mass is 31.1. The van der Waals surface area contributed by atoms with E-state index >= 15 is 0 Å². The second-order valence-electron chi connectivity index (χ2n) is 9.08. The Morgan fingerprint density at radius 1 is 0.677 bits per heavy atom. The monoisotopic (exact) mass is 430 g/mol. The molecule has 0 heterocycles. The van der Waals surface area contributed by atoms with Gasteiger partial charge >= 0.3 is 0 Å². The van der Waals surface area contributed by atoms with Crippen molar-refractivity contribution < 1.29 is 4.57 Å². The van der Waals surface area contributed by atoms with Crippen LogP contribution in [0.1, 0.15) is 65.1 Å². The van der Waals surface area contributed by atoms with Gasteiger partial charge in [-0.3, -0.25) is 4.57 Å². The Balaban J connectivity index is 2.43. The molecule has 0 amide bonds. The van der Waals surface area contributed by atoms with Crippen molar-refractivity contribution in [2.75, 3.05) is 0 Å². The average molecular weight is 431 g/mol. The van der Waals surface area contributed by atoms with E-state index in [-0.39, 0.29) is 8.46 Å². The van der Waals surface area contributed by atoms with E-state index in [1.54, 1.807) is 0 Å². The van der Waals surface area contributed by atoms with Gasteiger partial charge in [0.15, 0.2) is 8.46 Å². The van der Waals surface area contributed by atoms with Crippen molar-refractivity contribution in [1.82, 2.24) is 0 Å². The molecule has 0 bridgehead atoms. The van der Waals surface area contributed by atoms with Gasteiger partial charge in [0.05, 0.1) is 0 Å². The molecule has 0 aromatic heterocycles. The average Bonchev–Trinajstić information content (AvgIpc) is 2.68. The summed E-state index contributed by atoms with van der Waals surface area (Å²) in [5.74, 6) is 0. The normalized spacial score (nSPS) is 11.3. The van der Waals surface area contributed by atoms with E-state index in [9.17, 15) is 4.57 Å². The topological polar surface area (TPSA) is 17.1 Å². The lowest BCUT2D eigenvalue weighted by Crippen LogP contribution is -2.09. The molecular formula is C29H35OP. The largest absolute Gasteiger partial charge is 0.269 e. The third-order valence-electron chi connectivity index (χ3n) is 6.29. The number of benzene rings is 3. The minimum atomic E-state index is 0.106. The zero-order chi connectivity index (χ0) is 22.7. The van der Waals surface area contributed by atoms with Crippen LogP contribution in [0.25, 0.3) is 22.3 Å². The Kier molecular flexibility index (Phi) is 7.50. The second-order valence-corrected chi connectivity index (χ2v) is 9.75. The Morgan fingerprint density at radius 3 is 1.68 bits per heavy atom. The van der Waals surface area contributed by atoms with Crippen LogP contribution in [0.4, 0.5) is 0 Å². The molecule has 0 spiro atoms. The predicted octanol–water partition coefficient (Wildman–Crippen LogP) is 8.52. The summed E-state index contributed by atoms with van der Waals surface area (Å²) >= 11 is 0. The van der Waals surface area contributed by atoms with E-state index in [1.807, 2.05) is 0 Å². The van der Waals surface area contributed by atoms with E-state index < -0.39 is 0 Å². The molecule has 0 aliphatic carbocycles. The number of hydrogen-bond acceptors (Lipinski definition) is 1. The fourth-order valence-corrected chi connectivity index (χ4v) is 5.67. The fourth-order valence-electron chi connectivity index (χ4n) is 5.20. The quantitative estimate of drug-likeness (QED) is 0.271. The Bertz CT molecular complexity index is 1080. The van der Waals surface area contributed by atoms with E-state index in [2.05, 4.69) is 84.9 Å². The lowest BCUT2D eigenvalue weighted by molar-refractivity contribution is 0.603. The van der Waals surface area contributed by atoms with Crippen LogP contribution in [0.5, 0.6) is 0 Å². The van der Waals surface area contributed by atoms with E-state index in [0.717, 1.165) is 18.1 Å².